The van der Waals surface area contributed by atoms with E-state index in [0.717, 1.165) is 6.42 Å². The largest absolute Gasteiger partial charge is 0.478 e. The molecule has 0 radical (unpaired) electrons. The molecule has 7 heteroatoms. The van der Waals surface area contributed by atoms with Gasteiger partial charge in [0.05, 0.1) is 5.56 Å². The Hall–Kier alpha value is -1.60. The van der Waals surface area contributed by atoms with E-state index in [1.807, 2.05) is 0 Å². The van der Waals surface area contributed by atoms with Gasteiger partial charge in [-0.1, -0.05) is 0 Å². The van der Waals surface area contributed by atoms with Crippen LogP contribution in [0.5, 0.6) is 0 Å². The monoisotopic (exact) mass is 272 g/mol. The molecule has 18 heavy (non-hydrogen) atoms. The molecule has 1 heterocycles. The summed E-state index contributed by atoms with van der Waals surface area (Å²) >= 11 is 1.19. The third-order valence-electron chi connectivity index (χ3n) is 2.30. The van der Waals surface area contributed by atoms with Gasteiger partial charge in [0.15, 0.2) is 0 Å². The van der Waals surface area contributed by atoms with E-state index in [2.05, 4.69) is 5.32 Å². The van der Waals surface area contributed by atoms with Crippen LogP contribution >= 0.6 is 11.3 Å². The maximum Gasteiger partial charge on any atom is 0.338 e. The van der Waals surface area contributed by atoms with Gasteiger partial charge >= 0.3 is 12.0 Å². The normalized spacial score (nSPS) is 10.1. The van der Waals surface area contributed by atoms with Crippen molar-refractivity contribution in [2.75, 3.05) is 32.6 Å². The predicted octanol–water partition coefficient (Wildman–Crippen LogP) is 1.95. The van der Waals surface area contributed by atoms with E-state index in [1.165, 1.54) is 22.3 Å². The summed E-state index contributed by atoms with van der Waals surface area (Å²) in [5.41, 5.74) is 0.110. The number of carbonyl (C=O) groups is 2. The number of carboxylic acid groups (broad SMARTS) is 1. The second-order valence-electron chi connectivity index (χ2n) is 3.67. The number of rotatable bonds is 6. The van der Waals surface area contributed by atoms with Crippen LogP contribution < -0.4 is 5.32 Å². The molecule has 2 N–H and O–H groups in total. The van der Waals surface area contributed by atoms with Crippen molar-refractivity contribution in [1.29, 1.82) is 0 Å². The molecule has 0 spiro atoms. The van der Waals surface area contributed by atoms with Crippen molar-refractivity contribution in [1.82, 2.24) is 4.90 Å². The summed E-state index contributed by atoms with van der Waals surface area (Å²) in [7, 11) is 3.25. The Morgan fingerprint density at radius 1 is 1.56 bits per heavy atom. The highest BCUT2D eigenvalue weighted by molar-refractivity contribution is 7.14. The number of ether oxygens (including phenoxy) is 1. The number of hydrogen-bond donors (Lipinski definition) is 2. The zero-order chi connectivity index (χ0) is 13.5. The maximum atomic E-state index is 11.8. The lowest BCUT2D eigenvalue weighted by Crippen LogP contribution is -2.32. The van der Waals surface area contributed by atoms with Gasteiger partial charge in [-0.3, -0.25) is 5.32 Å². The van der Waals surface area contributed by atoms with Crippen molar-refractivity contribution in [2.24, 2.45) is 0 Å². The van der Waals surface area contributed by atoms with Crippen LogP contribution in [-0.2, 0) is 4.74 Å². The van der Waals surface area contributed by atoms with Crippen molar-refractivity contribution >= 4 is 28.3 Å². The number of nitrogens with zero attached hydrogens (tertiary/aromatic N) is 1. The van der Waals surface area contributed by atoms with Crippen LogP contribution in [-0.4, -0.2) is 49.3 Å². The fourth-order valence-corrected chi connectivity index (χ4v) is 2.08. The lowest BCUT2D eigenvalue weighted by atomic mass is 10.3. The molecule has 1 aromatic rings. The van der Waals surface area contributed by atoms with Crippen LogP contribution in [0.15, 0.2) is 11.4 Å². The third kappa shape index (κ3) is 4.01. The van der Waals surface area contributed by atoms with Gasteiger partial charge in [-0.05, 0) is 17.9 Å². The van der Waals surface area contributed by atoms with Gasteiger partial charge in [0, 0.05) is 27.3 Å². The first-order chi connectivity index (χ1) is 8.56. The fraction of sp³-hybridized carbons (Fsp3) is 0.455. The van der Waals surface area contributed by atoms with Gasteiger partial charge in [0.25, 0.3) is 0 Å². The van der Waals surface area contributed by atoms with Crippen LogP contribution in [0.25, 0.3) is 0 Å². The average molecular weight is 272 g/mol. The minimum absolute atomic E-state index is 0.110. The third-order valence-corrected chi connectivity index (χ3v) is 3.13. The fourth-order valence-electron chi connectivity index (χ4n) is 1.31. The summed E-state index contributed by atoms with van der Waals surface area (Å²) in [6.07, 6.45) is 0.733. The molecule has 6 nitrogen and oxygen atoms in total. The molecule has 100 valence electrons. The molecule has 0 aliphatic rings. The lowest BCUT2D eigenvalue weighted by Gasteiger charge is -2.17. The highest BCUT2D eigenvalue weighted by Gasteiger charge is 2.15. The zero-order valence-electron chi connectivity index (χ0n) is 10.3. The van der Waals surface area contributed by atoms with Crippen molar-refractivity contribution in [2.45, 2.75) is 6.42 Å². The summed E-state index contributed by atoms with van der Waals surface area (Å²) in [5.74, 6) is -1.05. The summed E-state index contributed by atoms with van der Waals surface area (Å²) in [6, 6.07) is 1.14. The number of carboxylic acids is 1. The lowest BCUT2D eigenvalue weighted by molar-refractivity contribution is 0.0698. The number of nitrogens with one attached hydrogen (secondary N) is 1. The molecule has 0 aliphatic carbocycles. The van der Waals surface area contributed by atoms with Gasteiger partial charge in [-0.15, -0.1) is 11.3 Å². The van der Waals surface area contributed by atoms with Crippen LogP contribution in [0, 0.1) is 0 Å². The first-order valence-corrected chi connectivity index (χ1v) is 6.26. The Bertz CT molecular complexity index is 419. The van der Waals surface area contributed by atoms with Crippen molar-refractivity contribution in [3.05, 3.63) is 17.0 Å². The molecule has 0 aromatic carbocycles. The number of carbonyl (C=O) groups excluding carboxylic acids is 1. The Morgan fingerprint density at radius 2 is 2.28 bits per heavy atom. The summed E-state index contributed by atoms with van der Waals surface area (Å²) < 4.78 is 4.89. The van der Waals surface area contributed by atoms with Crippen LogP contribution in [0.3, 0.4) is 0 Å². The van der Waals surface area contributed by atoms with Gasteiger partial charge in [-0.25, -0.2) is 9.59 Å². The number of methoxy groups -OCH3 is 1. The smallest absolute Gasteiger partial charge is 0.338 e. The molecule has 1 rings (SSSR count). The molecule has 0 aliphatic heterocycles. The molecular weight excluding hydrogens is 256 g/mol. The van der Waals surface area contributed by atoms with Crippen molar-refractivity contribution in [3.63, 3.8) is 0 Å². The second kappa shape index (κ2) is 6.97. The van der Waals surface area contributed by atoms with E-state index in [9.17, 15) is 9.59 Å². The quantitative estimate of drug-likeness (QED) is 0.776. The second-order valence-corrected chi connectivity index (χ2v) is 4.58. The predicted molar refractivity (Wildman–Crippen MR) is 69.4 cm³/mol. The minimum atomic E-state index is -1.05. The summed E-state index contributed by atoms with van der Waals surface area (Å²) in [6.45, 7) is 1.13. The molecule has 0 saturated heterocycles. The van der Waals surface area contributed by atoms with Crippen LogP contribution in [0.4, 0.5) is 9.80 Å². The number of hydrogen-bond acceptors (Lipinski definition) is 4. The number of thiophene rings is 1. The standard InChI is InChI=1S/C11H16N2O4S/c1-13(5-3-6-17-2)11(16)12-9-8(10(14)15)4-7-18-9/h4,7H,3,5-6H2,1-2H3,(H,12,16)(H,14,15). The SMILES string of the molecule is COCCCN(C)C(=O)Nc1sccc1C(=O)O. The number of urea groups is 1. The van der Waals surface area contributed by atoms with E-state index in [-0.39, 0.29) is 11.6 Å². The minimum Gasteiger partial charge on any atom is -0.478 e. The van der Waals surface area contributed by atoms with Crippen LogP contribution in [0.1, 0.15) is 16.8 Å². The molecule has 0 atom stereocenters. The van der Waals surface area contributed by atoms with Crippen molar-refractivity contribution in [3.8, 4) is 0 Å². The van der Waals surface area contributed by atoms with Crippen molar-refractivity contribution < 1.29 is 19.4 Å². The molecule has 2 amide bonds. The first kappa shape index (κ1) is 14.5. The molecule has 0 bridgehead atoms. The van der Waals surface area contributed by atoms with Gasteiger partial charge in [0.1, 0.15) is 5.00 Å². The Morgan fingerprint density at radius 3 is 2.89 bits per heavy atom. The summed E-state index contributed by atoms with van der Waals surface area (Å²) in [5, 5.41) is 13.5. The zero-order valence-corrected chi connectivity index (χ0v) is 11.1. The number of anilines is 1. The Balaban J connectivity index is 2.53. The molecular formula is C11H16N2O4S. The molecule has 0 unspecified atom stereocenters. The van der Waals surface area contributed by atoms with E-state index in [1.54, 1.807) is 19.5 Å². The van der Waals surface area contributed by atoms with Gasteiger partial charge < -0.3 is 14.7 Å². The first-order valence-electron chi connectivity index (χ1n) is 5.38. The average Bonchev–Trinajstić information content (AvgIpc) is 2.77. The number of amides is 2. The highest BCUT2D eigenvalue weighted by Crippen LogP contribution is 2.23. The highest BCUT2D eigenvalue weighted by atomic mass is 32.1. The molecule has 0 saturated carbocycles. The molecule has 1 aromatic heterocycles. The summed E-state index contributed by atoms with van der Waals surface area (Å²) in [4.78, 5) is 24.1. The topological polar surface area (TPSA) is 78.9 Å². The van der Waals surface area contributed by atoms with E-state index in [4.69, 9.17) is 9.84 Å². The van der Waals surface area contributed by atoms with Crippen LogP contribution in [0.2, 0.25) is 0 Å². The van der Waals surface area contributed by atoms with E-state index >= 15 is 0 Å². The van der Waals surface area contributed by atoms with E-state index in [0.29, 0.717) is 18.2 Å². The maximum absolute atomic E-state index is 11.8. The Labute approximate surface area is 109 Å². The van der Waals surface area contributed by atoms with Gasteiger partial charge in [0.2, 0.25) is 0 Å². The number of aromatic carboxylic acids is 1. The Kier molecular flexibility index (Phi) is 5.60. The van der Waals surface area contributed by atoms with E-state index < -0.39 is 5.97 Å². The molecule has 0 fully saturated rings. The van der Waals surface area contributed by atoms with Gasteiger partial charge in [-0.2, -0.15) is 0 Å².